The van der Waals surface area contributed by atoms with Crippen molar-refractivity contribution in [1.29, 1.82) is 0 Å². The Morgan fingerprint density at radius 2 is 1.95 bits per heavy atom. The van der Waals surface area contributed by atoms with Gasteiger partial charge >= 0.3 is 0 Å². The highest BCUT2D eigenvalue weighted by Crippen LogP contribution is 2.44. The van der Waals surface area contributed by atoms with Crippen LogP contribution in [0.25, 0.3) is 0 Å². The van der Waals surface area contributed by atoms with Crippen LogP contribution < -0.4 is 10.5 Å². The Morgan fingerprint density at radius 1 is 1.26 bits per heavy atom. The Balaban J connectivity index is 2.50. The van der Waals surface area contributed by atoms with E-state index in [1.165, 1.54) is 36.8 Å². The second-order valence-corrected chi connectivity index (χ2v) is 6.12. The fourth-order valence-corrected chi connectivity index (χ4v) is 3.66. The maximum Gasteiger partial charge on any atom is 0.133 e. The van der Waals surface area contributed by atoms with Crippen molar-refractivity contribution in [2.24, 2.45) is 5.73 Å². The Hall–Kier alpha value is -0.580. The van der Waals surface area contributed by atoms with E-state index in [1.807, 2.05) is 0 Å². The van der Waals surface area contributed by atoms with Crippen LogP contribution >= 0.6 is 15.9 Å². The highest BCUT2D eigenvalue weighted by molar-refractivity contribution is 9.10. The summed E-state index contributed by atoms with van der Waals surface area (Å²) in [6, 6.07) is 4.24. The van der Waals surface area contributed by atoms with E-state index >= 15 is 0 Å². The second-order valence-electron chi connectivity index (χ2n) is 5.27. The smallest absolute Gasteiger partial charge is 0.133 e. The summed E-state index contributed by atoms with van der Waals surface area (Å²) < 4.78 is 11.7. The van der Waals surface area contributed by atoms with Crippen molar-refractivity contribution >= 4 is 15.9 Å². The molecule has 0 atom stereocenters. The SMILES string of the molecule is COCc1cc(OC)c(Br)cc1C1(CN)CCCC1. The van der Waals surface area contributed by atoms with Crippen LogP contribution in [0.2, 0.25) is 0 Å². The van der Waals surface area contributed by atoms with Crippen LogP contribution in [0.4, 0.5) is 0 Å². The standard InChI is InChI=1S/C15H22BrNO2/c1-18-9-11-7-14(19-2)13(16)8-12(11)15(10-17)5-3-4-6-15/h7-8H,3-6,9-10,17H2,1-2H3. The Labute approximate surface area is 123 Å². The van der Waals surface area contributed by atoms with Gasteiger partial charge in [-0.2, -0.15) is 0 Å². The van der Waals surface area contributed by atoms with Gasteiger partial charge in [-0.15, -0.1) is 0 Å². The van der Waals surface area contributed by atoms with E-state index in [0.29, 0.717) is 13.2 Å². The van der Waals surface area contributed by atoms with Crippen LogP contribution in [0.1, 0.15) is 36.8 Å². The van der Waals surface area contributed by atoms with Gasteiger partial charge in [0.1, 0.15) is 5.75 Å². The molecule has 3 nitrogen and oxygen atoms in total. The average molecular weight is 328 g/mol. The molecule has 0 unspecified atom stereocenters. The molecule has 1 aromatic rings. The zero-order chi connectivity index (χ0) is 13.9. The van der Waals surface area contributed by atoms with E-state index in [-0.39, 0.29) is 5.41 Å². The molecule has 0 saturated heterocycles. The van der Waals surface area contributed by atoms with E-state index in [0.717, 1.165) is 10.2 Å². The summed E-state index contributed by atoms with van der Waals surface area (Å²) in [5.74, 6) is 0.848. The number of nitrogens with two attached hydrogens (primary N) is 1. The summed E-state index contributed by atoms with van der Waals surface area (Å²) in [5.41, 5.74) is 8.72. The molecule has 19 heavy (non-hydrogen) atoms. The Bertz CT molecular complexity index is 442. The number of rotatable bonds is 5. The quantitative estimate of drug-likeness (QED) is 0.901. The lowest BCUT2D eigenvalue weighted by molar-refractivity contribution is 0.182. The molecule has 0 aromatic heterocycles. The molecule has 1 aromatic carbocycles. The first-order valence-corrected chi connectivity index (χ1v) is 7.52. The molecule has 0 amide bonds. The van der Waals surface area contributed by atoms with Gasteiger partial charge in [0.05, 0.1) is 18.2 Å². The van der Waals surface area contributed by atoms with Crippen LogP contribution in [0, 0.1) is 0 Å². The van der Waals surface area contributed by atoms with Gasteiger partial charge in [-0.3, -0.25) is 0 Å². The fourth-order valence-electron chi connectivity index (χ4n) is 3.16. The molecule has 4 heteroatoms. The predicted octanol–water partition coefficient (Wildman–Crippen LogP) is 3.37. The monoisotopic (exact) mass is 327 g/mol. The van der Waals surface area contributed by atoms with E-state index in [2.05, 4.69) is 28.1 Å². The van der Waals surface area contributed by atoms with Gasteiger partial charge in [-0.1, -0.05) is 12.8 Å². The lowest BCUT2D eigenvalue weighted by Crippen LogP contribution is -2.33. The third-order valence-corrected chi connectivity index (χ3v) is 4.82. The molecule has 1 aliphatic carbocycles. The molecule has 2 rings (SSSR count). The summed E-state index contributed by atoms with van der Waals surface area (Å²) >= 11 is 3.59. The topological polar surface area (TPSA) is 44.5 Å². The van der Waals surface area contributed by atoms with Gasteiger partial charge in [0, 0.05) is 19.1 Å². The van der Waals surface area contributed by atoms with E-state index in [1.54, 1.807) is 14.2 Å². The maximum absolute atomic E-state index is 6.10. The molecule has 0 spiro atoms. The molecular weight excluding hydrogens is 306 g/mol. The summed E-state index contributed by atoms with van der Waals surface area (Å²) in [6.45, 7) is 1.29. The lowest BCUT2D eigenvalue weighted by atomic mass is 9.76. The number of hydrogen-bond acceptors (Lipinski definition) is 3. The van der Waals surface area contributed by atoms with Crippen LogP contribution in [-0.2, 0) is 16.8 Å². The third kappa shape index (κ3) is 2.81. The molecule has 0 radical (unpaired) electrons. The first-order valence-electron chi connectivity index (χ1n) is 6.73. The first-order chi connectivity index (χ1) is 9.16. The molecule has 1 aliphatic rings. The highest BCUT2D eigenvalue weighted by Gasteiger charge is 2.36. The fraction of sp³-hybridized carbons (Fsp3) is 0.600. The molecule has 1 fully saturated rings. The average Bonchev–Trinajstić information content (AvgIpc) is 2.90. The minimum absolute atomic E-state index is 0.114. The molecule has 2 N–H and O–H groups in total. The van der Waals surface area contributed by atoms with Gasteiger partial charge in [0.2, 0.25) is 0 Å². The van der Waals surface area contributed by atoms with Gasteiger partial charge < -0.3 is 15.2 Å². The second kappa shape index (κ2) is 6.25. The van der Waals surface area contributed by atoms with Gasteiger partial charge in [-0.05, 0) is 52.0 Å². The molecule has 0 heterocycles. The van der Waals surface area contributed by atoms with Crippen molar-refractivity contribution in [3.05, 3.63) is 27.7 Å². The minimum Gasteiger partial charge on any atom is -0.496 e. The summed E-state index contributed by atoms with van der Waals surface area (Å²) in [5, 5.41) is 0. The van der Waals surface area contributed by atoms with Crippen LogP contribution in [-0.4, -0.2) is 20.8 Å². The highest BCUT2D eigenvalue weighted by atomic mass is 79.9. The van der Waals surface area contributed by atoms with Crippen molar-refractivity contribution in [3.63, 3.8) is 0 Å². The zero-order valence-electron chi connectivity index (χ0n) is 11.7. The van der Waals surface area contributed by atoms with Crippen LogP contribution in [0.5, 0.6) is 5.75 Å². The molecule has 0 aliphatic heterocycles. The summed E-state index contributed by atoms with van der Waals surface area (Å²) in [4.78, 5) is 0. The molecule has 0 bridgehead atoms. The summed E-state index contributed by atoms with van der Waals surface area (Å²) in [7, 11) is 3.41. The minimum atomic E-state index is 0.114. The van der Waals surface area contributed by atoms with Crippen molar-refractivity contribution in [1.82, 2.24) is 0 Å². The normalized spacial score (nSPS) is 17.7. The number of halogens is 1. The predicted molar refractivity (Wildman–Crippen MR) is 80.6 cm³/mol. The van der Waals surface area contributed by atoms with Gasteiger partial charge in [0.15, 0.2) is 0 Å². The van der Waals surface area contributed by atoms with Crippen LogP contribution in [0.15, 0.2) is 16.6 Å². The number of hydrogen-bond donors (Lipinski definition) is 1. The largest absolute Gasteiger partial charge is 0.496 e. The molecular formula is C15H22BrNO2. The Kier molecular flexibility index (Phi) is 4.87. The van der Waals surface area contributed by atoms with Crippen molar-refractivity contribution in [2.75, 3.05) is 20.8 Å². The first kappa shape index (κ1) is 14.8. The maximum atomic E-state index is 6.10. The number of ether oxygens (including phenoxy) is 2. The van der Waals surface area contributed by atoms with Crippen molar-refractivity contribution in [2.45, 2.75) is 37.7 Å². The molecule has 106 valence electrons. The van der Waals surface area contributed by atoms with Crippen molar-refractivity contribution in [3.8, 4) is 5.75 Å². The Morgan fingerprint density at radius 3 is 2.47 bits per heavy atom. The van der Waals surface area contributed by atoms with E-state index < -0.39 is 0 Å². The van der Waals surface area contributed by atoms with Gasteiger partial charge in [0.25, 0.3) is 0 Å². The zero-order valence-corrected chi connectivity index (χ0v) is 13.3. The van der Waals surface area contributed by atoms with E-state index in [9.17, 15) is 0 Å². The lowest BCUT2D eigenvalue weighted by Gasteiger charge is -2.31. The van der Waals surface area contributed by atoms with Crippen molar-refractivity contribution < 1.29 is 9.47 Å². The summed E-state index contributed by atoms with van der Waals surface area (Å²) in [6.07, 6.45) is 4.85. The number of methoxy groups -OCH3 is 2. The molecule has 1 saturated carbocycles. The van der Waals surface area contributed by atoms with Gasteiger partial charge in [-0.25, -0.2) is 0 Å². The third-order valence-electron chi connectivity index (χ3n) is 4.20. The number of benzene rings is 1. The van der Waals surface area contributed by atoms with Crippen LogP contribution in [0.3, 0.4) is 0 Å². The van der Waals surface area contributed by atoms with E-state index in [4.69, 9.17) is 15.2 Å².